The minimum atomic E-state index is -0.295. The topological polar surface area (TPSA) is 60.9 Å². The zero-order valence-electron chi connectivity index (χ0n) is 7.75. The lowest BCUT2D eigenvalue weighted by atomic mass is 9.99. The van der Waals surface area contributed by atoms with Gasteiger partial charge in [0.2, 0.25) is 0 Å². The van der Waals surface area contributed by atoms with E-state index in [1.54, 1.807) is 0 Å². The van der Waals surface area contributed by atoms with Crippen LogP contribution in [0.25, 0.3) is 0 Å². The first-order chi connectivity index (χ1) is 6.27. The smallest absolute Gasteiger partial charge is 0.0820 e. The number of piperidine rings is 1. The third-order valence-corrected chi connectivity index (χ3v) is 2.47. The molecule has 0 amide bonds. The fourth-order valence-corrected chi connectivity index (χ4v) is 1.77. The summed E-state index contributed by atoms with van der Waals surface area (Å²) in [6.07, 6.45) is 1.61. The molecule has 2 rings (SSSR count). The number of hydrogen-bond donors (Lipinski definition) is 3. The maximum absolute atomic E-state index is 9.72. The normalized spacial score (nSPS) is 29.1. The molecule has 1 aliphatic heterocycles. The number of H-pyrrole nitrogens is 1. The highest BCUT2D eigenvalue weighted by atomic mass is 16.3. The van der Waals surface area contributed by atoms with Crippen molar-refractivity contribution < 1.29 is 5.11 Å². The number of rotatable bonds is 1. The van der Waals surface area contributed by atoms with Gasteiger partial charge in [0, 0.05) is 5.69 Å². The second kappa shape index (κ2) is 3.47. The van der Waals surface area contributed by atoms with Gasteiger partial charge in [-0.15, -0.1) is 0 Å². The molecule has 0 radical (unpaired) electrons. The van der Waals surface area contributed by atoms with Crippen LogP contribution in [0, 0.1) is 6.92 Å². The van der Waals surface area contributed by atoms with E-state index in [1.807, 2.05) is 13.0 Å². The van der Waals surface area contributed by atoms with Gasteiger partial charge in [0.15, 0.2) is 0 Å². The molecule has 1 saturated heterocycles. The Labute approximate surface area is 77.4 Å². The van der Waals surface area contributed by atoms with Crippen molar-refractivity contribution in [1.82, 2.24) is 15.5 Å². The summed E-state index contributed by atoms with van der Waals surface area (Å²) in [6.45, 7) is 2.93. The van der Waals surface area contributed by atoms with Crippen molar-refractivity contribution in [3.63, 3.8) is 0 Å². The first-order valence-corrected chi connectivity index (χ1v) is 4.71. The van der Waals surface area contributed by atoms with Gasteiger partial charge in [-0.25, -0.2) is 0 Å². The SMILES string of the molecule is Cc1cc(C2NCCCC2O)n[nH]1. The summed E-state index contributed by atoms with van der Waals surface area (Å²) >= 11 is 0. The van der Waals surface area contributed by atoms with Gasteiger partial charge in [-0.3, -0.25) is 5.10 Å². The van der Waals surface area contributed by atoms with Gasteiger partial charge in [0.1, 0.15) is 0 Å². The first-order valence-electron chi connectivity index (χ1n) is 4.71. The van der Waals surface area contributed by atoms with Crippen LogP contribution in [0.1, 0.15) is 30.3 Å². The van der Waals surface area contributed by atoms with Gasteiger partial charge in [-0.1, -0.05) is 0 Å². The predicted molar refractivity (Wildman–Crippen MR) is 49.3 cm³/mol. The van der Waals surface area contributed by atoms with Crippen molar-refractivity contribution in [1.29, 1.82) is 0 Å². The molecule has 1 aromatic rings. The maximum Gasteiger partial charge on any atom is 0.0820 e. The Balaban J connectivity index is 2.14. The van der Waals surface area contributed by atoms with Crippen LogP contribution in [0.2, 0.25) is 0 Å². The first kappa shape index (κ1) is 8.72. The molecule has 4 nitrogen and oxygen atoms in total. The molecule has 3 N–H and O–H groups in total. The van der Waals surface area contributed by atoms with E-state index in [-0.39, 0.29) is 12.1 Å². The molecular formula is C9H15N3O. The van der Waals surface area contributed by atoms with E-state index < -0.39 is 0 Å². The Kier molecular flexibility index (Phi) is 2.33. The van der Waals surface area contributed by atoms with E-state index >= 15 is 0 Å². The Morgan fingerprint density at radius 1 is 1.62 bits per heavy atom. The lowest BCUT2D eigenvalue weighted by molar-refractivity contribution is 0.0947. The number of nitrogens with one attached hydrogen (secondary N) is 2. The third-order valence-electron chi connectivity index (χ3n) is 2.47. The molecule has 0 bridgehead atoms. The number of aromatic nitrogens is 2. The van der Waals surface area contributed by atoms with Crippen molar-refractivity contribution in [2.75, 3.05) is 6.54 Å². The number of aromatic amines is 1. The summed E-state index contributed by atoms with van der Waals surface area (Å²) in [5.74, 6) is 0. The van der Waals surface area contributed by atoms with Gasteiger partial charge in [0.05, 0.1) is 17.8 Å². The average molecular weight is 181 g/mol. The molecule has 2 unspecified atom stereocenters. The fourth-order valence-electron chi connectivity index (χ4n) is 1.77. The zero-order valence-corrected chi connectivity index (χ0v) is 7.75. The molecule has 13 heavy (non-hydrogen) atoms. The monoisotopic (exact) mass is 181 g/mol. The number of aliphatic hydroxyl groups is 1. The summed E-state index contributed by atoms with van der Waals surface area (Å²) < 4.78 is 0. The molecule has 1 fully saturated rings. The molecule has 72 valence electrons. The van der Waals surface area contributed by atoms with Crippen molar-refractivity contribution in [3.8, 4) is 0 Å². The maximum atomic E-state index is 9.72. The largest absolute Gasteiger partial charge is 0.391 e. The fraction of sp³-hybridized carbons (Fsp3) is 0.667. The third kappa shape index (κ3) is 1.73. The van der Waals surface area contributed by atoms with Crippen molar-refractivity contribution in [2.45, 2.75) is 31.9 Å². The Morgan fingerprint density at radius 3 is 3.08 bits per heavy atom. The molecule has 2 heterocycles. The summed E-state index contributed by atoms with van der Waals surface area (Å²) in [5, 5.41) is 20.0. The molecule has 0 aromatic carbocycles. The van der Waals surface area contributed by atoms with Gasteiger partial charge in [-0.2, -0.15) is 5.10 Å². The lowest BCUT2D eigenvalue weighted by Crippen LogP contribution is -2.37. The summed E-state index contributed by atoms with van der Waals surface area (Å²) in [5.41, 5.74) is 1.96. The lowest BCUT2D eigenvalue weighted by Gasteiger charge is -2.27. The average Bonchev–Trinajstić information content (AvgIpc) is 2.53. The summed E-state index contributed by atoms with van der Waals surface area (Å²) in [4.78, 5) is 0. The van der Waals surface area contributed by atoms with Crippen LogP contribution < -0.4 is 5.32 Å². The van der Waals surface area contributed by atoms with Crippen LogP contribution >= 0.6 is 0 Å². The summed E-state index contributed by atoms with van der Waals surface area (Å²) in [7, 11) is 0. The second-order valence-corrected chi connectivity index (χ2v) is 3.62. The van der Waals surface area contributed by atoms with E-state index in [2.05, 4.69) is 15.5 Å². The zero-order chi connectivity index (χ0) is 9.26. The highest BCUT2D eigenvalue weighted by Crippen LogP contribution is 2.21. The standard InChI is InChI=1S/C9H15N3O/c1-6-5-7(12-11-6)9-8(13)3-2-4-10-9/h5,8-10,13H,2-4H2,1H3,(H,11,12). The molecular weight excluding hydrogens is 166 g/mol. The van der Waals surface area contributed by atoms with E-state index in [1.165, 1.54) is 0 Å². The Hall–Kier alpha value is -0.870. The van der Waals surface area contributed by atoms with Crippen LogP contribution in [0.5, 0.6) is 0 Å². The summed E-state index contributed by atoms with van der Waals surface area (Å²) in [6, 6.07) is 1.99. The molecule has 0 spiro atoms. The highest BCUT2D eigenvalue weighted by Gasteiger charge is 2.25. The van der Waals surface area contributed by atoms with E-state index in [0.29, 0.717) is 0 Å². The predicted octanol–water partition coefficient (Wildman–Crippen LogP) is 0.504. The number of aryl methyl sites for hydroxylation is 1. The van der Waals surface area contributed by atoms with Gasteiger partial charge < -0.3 is 10.4 Å². The minimum Gasteiger partial charge on any atom is -0.391 e. The van der Waals surface area contributed by atoms with Gasteiger partial charge in [-0.05, 0) is 32.4 Å². The van der Waals surface area contributed by atoms with Crippen LogP contribution in [-0.4, -0.2) is 28.0 Å². The van der Waals surface area contributed by atoms with E-state index in [0.717, 1.165) is 30.8 Å². The molecule has 0 saturated carbocycles. The van der Waals surface area contributed by atoms with Crippen LogP contribution in [0.3, 0.4) is 0 Å². The molecule has 1 aliphatic rings. The second-order valence-electron chi connectivity index (χ2n) is 3.62. The van der Waals surface area contributed by atoms with Crippen LogP contribution in [-0.2, 0) is 0 Å². The molecule has 1 aromatic heterocycles. The molecule has 2 atom stereocenters. The van der Waals surface area contributed by atoms with Crippen molar-refractivity contribution in [2.24, 2.45) is 0 Å². The van der Waals surface area contributed by atoms with Crippen molar-refractivity contribution in [3.05, 3.63) is 17.5 Å². The minimum absolute atomic E-state index is 0.0127. The van der Waals surface area contributed by atoms with Crippen LogP contribution in [0.4, 0.5) is 0 Å². The quantitative estimate of drug-likeness (QED) is 0.591. The van der Waals surface area contributed by atoms with E-state index in [9.17, 15) is 5.11 Å². The van der Waals surface area contributed by atoms with Crippen molar-refractivity contribution >= 4 is 0 Å². The Bertz CT molecular complexity index is 284. The number of nitrogens with zero attached hydrogens (tertiary/aromatic N) is 1. The number of hydrogen-bond acceptors (Lipinski definition) is 3. The highest BCUT2D eigenvalue weighted by molar-refractivity contribution is 5.13. The molecule has 4 heteroatoms. The van der Waals surface area contributed by atoms with E-state index in [4.69, 9.17) is 0 Å². The van der Waals surface area contributed by atoms with Gasteiger partial charge >= 0.3 is 0 Å². The Morgan fingerprint density at radius 2 is 2.46 bits per heavy atom. The molecule has 0 aliphatic carbocycles. The van der Waals surface area contributed by atoms with Crippen LogP contribution in [0.15, 0.2) is 6.07 Å². The number of aliphatic hydroxyl groups excluding tert-OH is 1. The van der Waals surface area contributed by atoms with Gasteiger partial charge in [0.25, 0.3) is 0 Å².